The number of hydrogen-bond acceptors (Lipinski definition) is 6. The smallest absolute Gasteiger partial charge is 0.317 e. The summed E-state index contributed by atoms with van der Waals surface area (Å²) in [4.78, 5) is 26.3. The van der Waals surface area contributed by atoms with E-state index in [0.29, 0.717) is 12.4 Å². The van der Waals surface area contributed by atoms with E-state index in [1.165, 1.54) is 4.90 Å². The van der Waals surface area contributed by atoms with E-state index in [0.717, 1.165) is 32.0 Å². The number of amides is 2. The van der Waals surface area contributed by atoms with Gasteiger partial charge in [-0.15, -0.1) is 0 Å². The van der Waals surface area contributed by atoms with E-state index >= 15 is 0 Å². The zero-order chi connectivity index (χ0) is 20.2. The van der Waals surface area contributed by atoms with Crippen LogP contribution in [0.25, 0.3) is 21.3 Å². The van der Waals surface area contributed by atoms with Crippen LogP contribution in [0, 0.1) is 0 Å². The molecule has 0 aliphatic heterocycles. The minimum atomic E-state index is -0.132. The molecule has 3 aromatic heterocycles. The minimum absolute atomic E-state index is 0.132. The van der Waals surface area contributed by atoms with Crippen molar-refractivity contribution in [3.8, 4) is 11.1 Å². The molecule has 7 nitrogen and oxygen atoms in total. The standard InChI is InChI=1S/C21H20N6OS/c1-27(2)21(28)24-13-14-5-10-23-19(11-14)26-20-25-17-4-3-16(12-18(17)29-20)15-6-8-22-9-7-15/h3-12H,13H2,1-2H3,(H,24,28)(H,23,25,26). The summed E-state index contributed by atoms with van der Waals surface area (Å²) in [7, 11) is 3.42. The lowest BCUT2D eigenvalue weighted by Gasteiger charge is -2.12. The number of carbonyl (C=O) groups is 1. The number of fused-ring (bicyclic) bond motifs is 1. The molecule has 29 heavy (non-hydrogen) atoms. The highest BCUT2D eigenvalue weighted by Gasteiger charge is 2.08. The van der Waals surface area contributed by atoms with E-state index in [1.54, 1.807) is 44.0 Å². The van der Waals surface area contributed by atoms with Crippen LogP contribution >= 0.6 is 11.3 Å². The summed E-state index contributed by atoms with van der Waals surface area (Å²) in [6, 6.07) is 13.9. The molecule has 4 rings (SSSR count). The molecule has 8 heteroatoms. The Kier molecular flexibility index (Phi) is 5.35. The van der Waals surface area contributed by atoms with Crippen LogP contribution in [-0.2, 0) is 6.54 Å². The minimum Gasteiger partial charge on any atom is -0.334 e. The molecule has 146 valence electrons. The summed E-state index contributed by atoms with van der Waals surface area (Å²) in [5, 5.41) is 6.89. The Morgan fingerprint density at radius 1 is 1.03 bits per heavy atom. The van der Waals surface area contributed by atoms with Gasteiger partial charge in [-0.2, -0.15) is 0 Å². The highest BCUT2D eigenvalue weighted by atomic mass is 32.1. The topological polar surface area (TPSA) is 83.0 Å². The van der Waals surface area contributed by atoms with E-state index < -0.39 is 0 Å². The first-order valence-corrected chi connectivity index (χ1v) is 9.88. The number of pyridine rings is 2. The number of anilines is 2. The van der Waals surface area contributed by atoms with Crippen molar-refractivity contribution in [2.45, 2.75) is 6.54 Å². The van der Waals surface area contributed by atoms with E-state index in [2.05, 4.69) is 37.7 Å². The second-order valence-electron chi connectivity index (χ2n) is 6.66. The van der Waals surface area contributed by atoms with Crippen molar-refractivity contribution >= 4 is 38.5 Å². The Labute approximate surface area is 172 Å². The maximum Gasteiger partial charge on any atom is 0.317 e. The second kappa shape index (κ2) is 8.24. The monoisotopic (exact) mass is 404 g/mol. The lowest BCUT2D eigenvalue weighted by Crippen LogP contribution is -2.33. The molecule has 0 bridgehead atoms. The van der Waals surface area contributed by atoms with Gasteiger partial charge in [0.05, 0.1) is 10.2 Å². The zero-order valence-electron chi connectivity index (χ0n) is 16.1. The summed E-state index contributed by atoms with van der Waals surface area (Å²) in [6.45, 7) is 0.434. The average Bonchev–Trinajstić information content (AvgIpc) is 3.14. The summed E-state index contributed by atoms with van der Waals surface area (Å²) in [6.07, 6.45) is 5.30. The first-order chi connectivity index (χ1) is 14.1. The molecule has 0 fully saturated rings. The normalized spacial score (nSPS) is 10.7. The number of rotatable bonds is 5. The van der Waals surface area contributed by atoms with Crippen molar-refractivity contribution < 1.29 is 4.79 Å². The third-order valence-corrected chi connectivity index (χ3v) is 5.24. The number of nitrogens with zero attached hydrogens (tertiary/aromatic N) is 4. The maximum atomic E-state index is 11.7. The zero-order valence-corrected chi connectivity index (χ0v) is 16.9. The number of benzene rings is 1. The Morgan fingerprint density at radius 2 is 1.86 bits per heavy atom. The summed E-state index contributed by atoms with van der Waals surface area (Å²) in [5.74, 6) is 0.690. The predicted molar refractivity (Wildman–Crippen MR) is 116 cm³/mol. The molecule has 0 spiro atoms. The molecule has 0 radical (unpaired) electrons. The second-order valence-corrected chi connectivity index (χ2v) is 7.70. The van der Waals surface area contributed by atoms with Crippen LogP contribution < -0.4 is 10.6 Å². The van der Waals surface area contributed by atoms with Gasteiger partial charge in [-0.25, -0.2) is 14.8 Å². The fourth-order valence-electron chi connectivity index (χ4n) is 2.80. The van der Waals surface area contributed by atoms with E-state index in [4.69, 9.17) is 0 Å². The third-order valence-electron chi connectivity index (χ3n) is 4.31. The summed E-state index contributed by atoms with van der Waals surface area (Å²) >= 11 is 1.57. The van der Waals surface area contributed by atoms with E-state index in [-0.39, 0.29) is 6.03 Å². The van der Waals surface area contributed by atoms with Crippen molar-refractivity contribution in [2.24, 2.45) is 0 Å². The van der Waals surface area contributed by atoms with E-state index in [1.807, 2.05) is 30.3 Å². The molecular formula is C21H20N6OS. The number of thiazole rings is 1. The summed E-state index contributed by atoms with van der Waals surface area (Å²) < 4.78 is 1.09. The van der Waals surface area contributed by atoms with Gasteiger partial charge in [-0.1, -0.05) is 17.4 Å². The number of hydrogen-bond donors (Lipinski definition) is 2. The van der Waals surface area contributed by atoms with Crippen LogP contribution in [0.3, 0.4) is 0 Å². The van der Waals surface area contributed by atoms with Crippen molar-refractivity contribution in [1.29, 1.82) is 0 Å². The number of urea groups is 1. The fraction of sp³-hybridized carbons (Fsp3) is 0.143. The van der Waals surface area contributed by atoms with Gasteiger partial charge in [-0.05, 0) is 53.1 Å². The number of nitrogens with one attached hydrogen (secondary N) is 2. The number of carbonyl (C=O) groups excluding carboxylic acids is 1. The van der Waals surface area contributed by atoms with Crippen LogP contribution in [0.15, 0.2) is 61.1 Å². The molecule has 4 aromatic rings. The van der Waals surface area contributed by atoms with Gasteiger partial charge in [0, 0.05) is 39.2 Å². The van der Waals surface area contributed by atoms with Crippen molar-refractivity contribution in [3.05, 3.63) is 66.6 Å². The Bertz CT molecular complexity index is 1140. The molecule has 0 aliphatic rings. The lowest BCUT2D eigenvalue weighted by atomic mass is 10.1. The van der Waals surface area contributed by atoms with Crippen LogP contribution in [0.5, 0.6) is 0 Å². The molecule has 0 aliphatic carbocycles. The van der Waals surface area contributed by atoms with Crippen molar-refractivity contribution in [1.82, 2.24) is 25.2 Å². The molecule has 1 aromatic carbocycles. The summed E-state index contributed by atoms with van der Waals surface area (Å²) in [5.41, 5.74) is 4.15. The Balaban J connectivity index is 1.51. The van der Waals surface area contributed by atoms with Crippen LogP contribution in [0.1, 0.15) is 5.56 Å². The third kappa shape index (κ3) is 4.49. The highest BCUT2D eigenvalue weighted by molar-refractivity contribution is 7.22. The van der Waals surface area contributed by atoms with E-state index in [9.17, 15) is 4.79 Å². The molecular weight excluding hydrogens is 384 g/mol. The molecule has 2 N–H and O–H groups in total. The molecule has 0 saturated carbocycles. The molecule has 0 unspecified atom stereocenters. The van der Waals surface area contributed by atoms with Gasteiger partial charge in [0.2, 0.25) is 0 Å². The van der Waals surface area contributed by atoms with Crippen molar-refractivity contribution in [3.63, 3.8) is 0 Å². The molecule has 3 heterocycles. The van der Waals surface area contributed by atoms with Crippen LogP contribution in [0.2, 0.25) is 0 Å². The van der Waals surface area contributed by atoms with Gasteiger partial charge >= 0.3 is 6.03 Å². The van der Waals surface area contributed by atoms with Gasteiger partial charge < -0.3 is 15.5 Å². The van der Waals surface area contributed by atoms with Crippen LogP contribution in [-0.4, -0.2) is 40.0 Å². The lowest BCUT2D eigenvalue weighted by molar-refractivity contribution is 0.217. The predicted octanol–water partition coefficient (Wildman–Crippen LogP) is 4.27. The van der Waals surface area contributed by atoms with Crippen LogP contribution in [0.4, 0.5) is 15.7 Å². The Morgan fingerprint density at radius 3 is 2.66 bits per heavy atom. The maximum absolute atomic E-state index is 11.7. The highest BCUT2D eigenvalue weighted by Crippen LogP contribution is 2.31. The van der Waals surface area contributed by atoms with Gasteiger partial charge in [0.1, 0.15) is 5.82 Å². The molecule has 2 amide bonds. The first-order valence-electron chi connectivity index (χ1n) is 9.06. The van der Waals surface area contributed by atoms with Gasteiger partial charge in [0.25, 0.3) is 0 Å². The average molecular weight is 404 g/mol. The Hall–Kier alpha value is -3.52. The number of aromatic nitrogens is 3. The first kappa shape index (κ1) is 18.8. The fourth-order valence-corrected chi connectivity index (χ4v) is 3.71. The van der Waals surface area contributed by atoms with Gasteiger partial charge in [0.15, 0.2) is 5.13 Å². The van der Waals surface area contributed by atoms with Crippen molar-refractivity contribution in [2.75, 3.05) is 19.4 Å². The molecule has 0 saturated heterocycles. The quantitative estimate of drug-likeness (QED) is 0.519. The largest absolute Gasteiger partial charge is 0.334 e. The van der Waals surface area contributed by atoms with Gasteiger partial charge in [-0.3, -0.25) is 4.98 Å². The molecule has 0 atom stereocenters. The SMILES string of the molecule is CN(C)C(=O)NCc1ccnc(Nc2nc3ccc(-c4ccncc4)cc3s2)c1.